The highest BCUT2D eigenvalue weighted by molar-refractivity contribution is 9.10. The number of carbonyl (C=O) groups is 1. The van der Waals surface area contributed by atoms with Crippen LogP contribution in [0.4, 0.5) is 0 Å². The molecule has 0 aliphatic rings. The summed E-state index contributed by atoms with van der Waals surface area (Å²) in [5, 5.41) is 9.72. The maximum absolute atomic E-state index is 11.6. The van der Waals surface area contributed by atoms with E-state index in [4.69, 9.17) is 9.47 Å². The van der Waals surface area contributed by atoms with Gasteiger partial charge in [-0.3, -0.25) is 4.79 Å². The van der Waals surface area contributed by atoms with Crippen molar-refractivity contribution in [3.05, 3.63) is 28.2 Å². The Balaban J connectivity index is 2.86. The molecule has 0 aliphatic carbocycles. The number of aliphatic hydroxyl groups excluding tert-OH is 1. The van der Waals surface area contributed by atoms with Crippen molar-refractivity contribution in [2.45, 2.75) is 26.9 Å². The SMILES string of the molecule is COC(=O)C(C)(C)COc1ccc(Br)cc1C(C)O. The molecule has 1 aromatic carbocycles. The van der Waals surface area contributed by atoms with Crippen molar-refractivity contribution < 1.29 is 19.4 Å². The Morgan fingerprint density at radius 2 is 2.11 bits per heavy atom. The first-order valence-corrected chi connectivity index (χ1v) is 6.76. The quantitative estimate of drug-likeness (QED) is 0.843. The molecule has 1 rings (SSSR count). The van der Waals surface area contributed by atoms with Crippen LogP contribution >= 0.6 is 15.9 Å². The number of methoxy groups -OCH3 is 1. The van der Waals surface area contributed by atoms with E-state index in [1.165, 1.54) is 7.11 Å². The molecular weight excluding hydrogens is 312 g/mol. The van der Waals surface area contributed by atoms with Crippen LogP contribution in [0.3, 0.4) is 0 Å². The molecule has 1 atom stereocenters. The predicted octanol–water partition coefficient (Wildman–Crippen LogP) is 3.08. The first-order chi connectivity index (χ1) is 8.77. The lowest BCUT2D eigenvalue weighted by Crippen LogP contribution is -2.32. The average Bonchev–Trinajstić information content (AvgIpc) is 2.36. The smallest absolute Gasteiger partial charge is 0.314 e. The van der Waals surface area contributed by atoms with E-state index in [0.717, 1.165) is 4.47 Å². The Kier molecular flexibility index (Phi) is 5.38. The first-order valence-electron chi connectivity index (χ1n) is 5.96. The van der Waals surface area contributed by atoms with Gasteiger partial charge in [-0.2, -0.15) is 0 Å². The predicted molar refractivity (Wildman–Crippen MR) is 76.1 cm³/mol. The van der Waals surface area contributed by atoms with Crippen molar-refractivity contribution in [1.82, 2.24) is 0 Å². The average molecular weight is 331 g/mol. The number of carbonyl (C=O) groups excluding carboxylic acids is 1. The van der Waals surface area contributed by atoms with Gasteiger partial charge in [0.05, 0.1) is 18.6 Å². The second-order valence-corrected chi connectivity index (χ2v) is 5.94. The number of esters is 1. The van der Waals surface area contributed by atoms with Crippen LogP contribution in [0.5, 0.6) is 5.75 Å². The zero-order valence-corrected chi connectivity index (χ0v) is 13.2. The Bertz CT molecular complexity index is 455. The lowest BCUT2D eigenvalue weighted by Gasteiger charge is -2.23. The Labute approximate surface area is 121 Å². The summed E-state index contributed by atoms with van der Waals surface area (Å²) >= 11 is 3.35. The number of hydrogen-bond donors (Lipinski definition) is 1. The second kappa shape index (κ2) is 6.39. The van der Waals surface area contributed by atoms with E-state index in [0.29, 0.717) is 11.3 Å². The summed E-state index contributed by atoms with van der Waals surface area (Å²) in [5.41, 5.74) is -0.0623. The van der Waals surface area contributed by atoms with Crippen LogP contribution in [-0.2, 0) is 9.53 Å². The van der Waals surface area contributed by atoms with E-state index in [1.54, 1.807) is 32.9 Å². The number of benzene rings is 1. The van der Waals surface area contributed by atoms with Gasteiger partial charge in [0.1, 0.15) is 12.4 Å². The van der Waals surface area contributed by atoms with Gasteiger partial charge >= 0.3 is 5.97 Å². The van der Waals surface area contributed by atoms with Gasteiger partial charge in [0.25, 0.3) is 0 Å². The van der Waals surface area contributed by atoms with Gasteiger partial charge in [-0.1, -0.05) is 15.9 Å². The fourth-order valence-electron chi connectivity index (χ4n) is 1.57. The first kappa shape index (κ1) is 16.0. The van der Waals surface area contributed by atoms with Crippen molar-refractivity contribution >= 4 is 21.9 Å². The van der Waals surface area contributed by atoms with E-state index in [1.807, 2.05) is 6.07 Å². The molecule has 1 unspecified atom stereocenters. The van der Waals surface area contributed by atoms with Crippen LogP contribution < -0.4 is 4.74 Å². The van der Waals surface area contributed by atoms with E-state index in [9.17, 15) is 9.90 Å². The van der Waals surface area contributed by atoms with Gasteiger partial charge < -0.3 is 14.6 Å². The molecule has 106 valence electrons. The van der Waals surface area contributed by atoms with Crippen LogP contribution in [0.1, 0.15) is 32.4 Å². The highest BCUT2D eigenvalue weighted by Gasteiger charge is 2.30. The Hall–Kier alpha value is -1.07. The minimum absolute atomic E-state index is 0.182. The molecule has 0 bridgehead atoms. The molecule has 0 spiro atoms. The highest BCUT2D eigenvalue weighted by Crippen LogP contribution is 2.30. The molecule has 5 heteroatoms. The van der Waals surface area contributed by atoms with Crippen molar-refractivity contribution in [2.24, 2.45) is 5.41 Å². The molecule has 4 nitrogen and oxygen atoms in total. The number of rotatable bonds is 5. The summed E-state index contributed by atoms with van der Waals surface area (Å²) in [6.45, 7) is 5.35. The van der Waals surface area contributed by atoms with E-state index >= 15 is 0 Å². The summed E-state index contributed by atoms with van der Waals surface area (Å²) in [4.78, 5) is 11.6. The molecule has 0 amide bonds. The number of aliphatic hydroxyl groups is 1. The lowest BCUT2D eigenvalue weighted by molar-refractivity contribution is -0.152. The summed E-state index contributed by atoms with van der Waals surface area (Å²) in [6, 6.07) is 5.39. The van der Waals surface area contributed by atoms with Crippen molar-refractivity contribution in [1.29, 1.82) is 0 Å². The zero-order chi connectivity index (χ0) is 14.6. The topological polar surface area (TPSA) is 55.8 Å². The third kappa shape index (κ3) is 4.21. The molecule has 0 saturated carbocycles. The summed E-state index contributed by atoms with van der Waals surface area (Å²) < 4.78 is 11.2. The van der Waals surface area contributed by atoms with E-state index in [-0.39, 0.29) is 12.6 Å². The van der Waals surface area contributed by atoms with E-state index in [2.05, 4.69) is 15.9 Å². The molecular formula is C14H19BrO4. The molecule has 0 heterocycles. The Morgan fingerprint density at radius 1 is 1.47 bits per heavy atom. The van der Waals surface area contributed by atoms with E-state index < -0.39 is 11.5 Å². The maximum Gasteiger partial charge on any atom is 0.314 e. The number of ether oxygens (including phenoxy) is 2. The molecule has 0 radical (unpaired) electrons. The largest absolute Gasteiger partial charge is 0.492 e. The minimum atomic E-state index is -0.738. The van der Waals surface area contributed by atoms with Gasteiger partial charge in [0, 0.05) is 10.0 Å². The summed E-state index contributed by atoms with van der Waals surface area (Å²) in [7, 11) is 1.35. The molecule has 19 heavy (non-hydrogen) atoms. The van der Waals surface area contributed by atoms with Crippen LogP contribution in [0.2, 0.25) is 0 Å². The fourth-order valence-corrected chi connectivity index (χ4v) is 1.95. The van der Waals surface area contributed by atoms with Crippen molar-refractivity contribution in [2.75, 3.05) is 13.7 Å². The third-order valence-corrected chi connectivity index (χ3v) is 3.24. The normalized spacial score (nSPS) is 12.9. The zero-order valence-electron chi connectivity index (χ0n) is 11.6. The maximum atomic E-state index is 11.6. The molecule has 0 aliphatic heterocycles. The van der Waals surface area contributed by atoms with Gasteiger partial charge in [0.2, 0.25) is 0 Å². The fraction of sp³-hybridized carbons (Fsp3) is 0.500. The third-order valence-electron chi connectivity index (χ3n) is 2.75. The van der Waals surface area contributed by atoms with Crippen LogP contribution in [0, 0.1) is 5.41 Å². The molecule has 0 fully saturated rings. The lowest BCUT2D eigenvalue weighted by atomic mass is 9.95. The summed E-state index contributed by atoms with van der Waals surface area (Å²) in [5.74, 6) is 0.235. The van der Waals surface area contributed by atoms with Gasteiger partial charge in [-0.15, -0.1) is 0 Å². The number of halogens is 1. The molecule has 1 N–H and O–H groups in total. The van der Waals surface area contributed by atoms with Crippen molar-refractivity contribution in [3.63, 3.8) is 0 Å². The summed E-state index contributed by atoms with van der Waals surface area (Å²) in [6.07, 6.45) is -0.645. The highest BCUT2D eigenvalue weighted by atomic mass is 79.9. The van der Waals surface area contributed by atoms with Gasteiger partial charge in [-0.25, -0.2) is 0 Å². The monoisotopic (exact) mass is 330 g/mol. The molecule has 0 aromatic heterocycles. The Morgan fingerprint density at radius 3 is 2.63 bits per heavy atom. The van der Waals surface area contributed by atoms with Gasteiger partial charge in [0.15, 0.2) is 0 Å². The van der Waals surface area contributed by atoms with Crippen LogP contribution in [-0.4, -0.2) is 24.8 Å². The van der Waals surface area contributed by atoms with Crippen LogP contribution in [0.15, 0.2) is 22.7 Å². The second-order valence-electron chi connectivity index (χ2n) is 5.02. The van der Waals surface area contributed by atoms with Crippen molar-refractivity contribution in [3.8, 4) is 5.75 Å². The minimum Gasteiger partial charge on any atom is -0.492 e. The van der Waals surface area contributed by atoms with Crippen LogP contribution in [0.25, 0.3) is 0 Å². The molecule has 1 aromatic rings. The van der Waals surface area contributed by atoms with Gasteiger partial charge in [-0.05, 0) is 39.0 Å². The standard InChI is InChI=1S/C14H19BrO4/c1-9(16)11-7-10(15)5-6-12(11)19-8-14(2,3)13(17)18-4/h5-7,9,16H,8H2,1-4H3. The number of hydrogen-bond acceptors (Lipinski definition) is 4. The molecule has 0 saturated heterocycles.